The molecule has 1 unspecified atom stereocenters. The van der Waals surface area contributed by atoms with Gasteiger partial charge in [-0.15, -0.1) is 0 Å². The molecule has 3 aliphatic carbocycles. The summed E-state index contributed by atoms with van der Waals surface area (Å²) < 4.78 is 5.99. The monoisotopic (exact) mass is 271 g/mol. The summed E-state index contributed by atoms with van der Waals surface area (Å²) in [6.07, 6.45) is 9.32. The van der Waals surface area contributed by atoms with Crippen molar-refractivity contribution in [3.63, 3.8) is 0 Å². The van der Waals surface area contributed by atoms with Crippen LogP contribution in [0.15, 0.2) is 18.3 Å². The topological polar surface area (TPSA) is 45.7 Å². The highest BCUT2D eigenvalue weighted by molar-refractivity contribution is 5.37. The molecule has 1 aromatic heterocycles. The van der Waals surface area contributed by atoms with Gasteiger partial charge in [-0.1, -0.05) is 18.9 Å². The van der Waals surface area contributed by atoms with Gasteiger partial charge in [-0.05, 0) is 37.7 Å². The minimum Gasteiger partial charge on any atom is -0.389 e. The molecule has 0 radical (unpaired) electrons. The van der Waals surface area contributed by atoms with Crippen LogP contribution in [0.3, 0.4) is 0 Å². The van der Waals surface area contributed by atoms with Gasteiger partial charge in [0.25, 0.3) is 0 Å². The molecule has 1 N–H and O–H groups in total. The molecule has 4 aliphatic rings. The lowest BCUT2D eigenvalue weighted by atomic mass is 9.55. The average Bonchev–Trinajstić information content (AvgIpc) is 3.26. The summed E-state index contributed by atoms with van der Waals surface area (Å²) in [7, 11) is 0. The van der Waals surface area contributed by atoms with E-state index in [1.54, 1.807) is 0 Å². The fraction of sp³-hybridized carbons (Fsp3) is 0.706. The molecule has 1 aliphatic heterocycles. The third-order valence-electron chi connectivity index (χ3n) is 6.33. The molecular weight excluding hydrogens is 250 g/mol. The van der Waals surface area contributed by atoms with Gasteiger partial charge in [0, 0.05) is 29.3 Å². The van der Waals surface area contributed by atoms with Crippen LogP contribution in [0.5, 0.6) is 0 Å². The Labute approximate surface area is 119 Å². The van der Waals surface area contributed by atoms with Crippen molar-refractivity contribution in [2.24, 2.45) is 11.8 Å². The van der Waals surface area contributed by atoms with E-state index in [9.17, 15) is 5.11 Å². The van der Waals surface area contributed by atoms with Crippen molar-refractivity contribution in [1.82, 2.24) is 4.98 Å². The predicted molar refractivity (Wildman–Crippen MR) is 74.2 cm³/mol. The maximum Gasteiger partial charge on any atom is 0.111 e. The Morgan fingerprint density at radius 2 is 2.20 bits per heavy atom. The summed E-state index contributed by atoms with van der Waals surface area (Å²) in [6, 6.07) is 4.18. The SMILES string of the molecule is OC12CCCC[C@H]1CC[C@H]1c3ncccc3[C@H]3O[C@H]3[C@H]12. The second kappa shape index (κ2) is 3.83. The number of epoxide rings is 1. The number of hydrogen-bond donors (Lipinski definition) is 1. The molecule has 0 aromatic carbocycles. The summed E-state index contributed by atoms with van der Waals surface area (Å²) in [5.41, 5.74) is 2.01. The molecule has 1 saturated heterocycles. The predicted octanol–water partition coefficient (Wildman–Crippen LogP) is 2.95. The van der Waals surface area contributed by atoms with Gasteiger partial charge >= 0.3 is 0 Å². The molecule has 3 nitrogen and oxygen atoms in total. The first-order valence-corrected chi connectivity index (χ1v) is 8.12. The highest BCUT2D eigenvalue weighted by Crippen LogP contribution is 2.63. The number of fused-ring (bicyclic) bond motifs is 8. The van der Waals surface area contributed by atoms with Gasteiger partial charge < -0.3 is 9.84 Å². The molecule has 1 aromatic rings. The van der Waals surface area contributed by atoms with Gasteiger partial charge in [0.15, 0.2) is 0 Å². The van der Waals surface area contributed by atoms with Gasteiger partial charge in [0.1, 0.15) is 6.10 Å². The molecule has 6 atom stereocenters. The Bertz CT molecular complexity index is 560. The number of rotatable bonds is 0. The van der Waals surface area contributed by atoms with E-state index in [2.05, 4.69) is 11.1 Å². The number of pyridine rings is 1. The number of aliphatic hydroxyl groups is 1. The molecule has 3 heteroatoms. The molecule has 2 saturated carbocycles. The van der Waals surface area contributed by atoms with Crippen LogP contribution in [0.25, 0.3) is 0 Å². The van der Waals surface area contributed by atoms with E-state index in [1.807, 2.05) is 12.3 Å². The van der Waals surface area contributed by atoms with Crippen LogP contribution in [0, 0.1) is 11.8 Å². The van der Waals surface area contributed by atoms with E-state index in [0.717, 1.165) is 12.8 Å². The van der Waals surface area contributed by atoms with Gasteiger partial charge in [0.2, 0.25) is 0 Å². The summed E-state index contributed by atoms with van der Waals surface area (Å²) in [6.45, 7) is 0. The molecule has 0 amide bonds. The first kappa shape index (κ1) is 11.7. The first-order chi connectivity index (χ1) is 9.79. The maximum atomic E-state index is 11.4. The number of hydrogen-bond acceptors (Lipinski definition) is 3. The molecule has 20 heavy (non-hydrogen) atoms. The van der Waals surface area contributed by atoms with Crippen LogP contribution in [-0.2, 0) is 4.74 Å². The van der Waals surface area contributed by atoms with E-state index in [4.69, 9.17) is 4.74 Å². The normalized spacial score (nSPS) is 48.5. The van der Waals surface area contributed by atoms with E-state index in [-0.39, 0.29) is 18.1 Å². The van der Waals surface area contributed by atoms with Crippen molar-refractivity contribution in [3.8, 4) is 0 Å². The first-order valence-electron chi connectivity index (χ1n) is 8.12. The molecule has 0 bridgehead atoms. The van der Waals surface area contributed by atoms with Crippen LogP contribution < -0.4 is 0 Å². The molecule has 0 spiro atoms. The average molecular weight is 271 g/mol. The van der Waals surface area contributed by atoms with Crippen LogP contribution in [0.2, 0.25) is 0 Å². The summed E-state index contributed by atoms with van der Waals surface area (Å²) in [5, 5.41) is 11.4. The van der Waals surface area contributed by atoms with Crippen molar-refractivity contribution in [2.45, 2.75) is 62.3 Å². The van der Waals surface area contributed by atoms with Crippen molar-refractivity contribution in [1.29, 1.82) is 0 Å². The molecule has 5 rings (SSSR count). The van der Waals surface area contributed by atoms with Crippen LogP contribution >= 0.6 is 0 Å². The molecular formula is C17H21NO2. The minimum absolute atomic E-state index is 0.213. The number of aromatic nitrogens is 1. The standard InChI is InChI=1S/C17H21NO2/c19-17-8-2-1-4-10(17)6-7-11-13(17)16-15(20-16)12-5-3-9-18-14(11)12/h3,5,9-11,13,15-16,19H,1-2,4,6-8H2/t10-,11+,13-,15+,16-,17?/m0/s1. The second-order valence-electron chi connectivity index (χ2n) is 7.14. The Morgan fingerprint density at radius 3 is 3.15 bits per heavy atom. The fourth-order valence-corrected chi connectivity index (χ4v) is 5.44. The van der Waals surface area contributed by atoms with Crippen molar-refractivity contribution < 1.29 is 9.84 Å². The molecule has 106 valence electrons. The summed E-state index contributed by atoms with van der Waals surface area (Å²) in [4.78, 5) is 4.66. The van der Waals surface area contributed by atoms with E-state index in [0.29, 0.717) is 11.8 Å². The maximum absolute atomic E-state index is 11.4. The zero-order valence-electron chi connectivity index (χ0n) is 11.7. The Kier molecular flexibility index (Phi) is 2.24. The lowest BCUT2D eigenvalue weighted by Gasteiger charge is -2.52. The molecule has 2 heterocycles. The van der Waals surface area contributed by atoms with Crippen molar-refractivity contribution >= 4 is 0 Å². The van der Waals surface area contributed by atoms with Crippen molar-refractivity contribution in [2.75, 3.05) is 0 Å². The minimum atomic E-state index is -0.490. The van der Waals surface area contributed by atoms with E-state index >= 15 is 0 Å². The van der Waals surface area contributed by atoms with Crippen LogP contribution in [0.1, 0.15) is 61.8 Å². The highest BCUT2D eigenvalue weighted by Gasteiger charge is 2.64. The quantitative estimate of drug-likeness (QED) is 0.738. The molecule has 3 fully saturated rings. The van der Waals surface area contributed by atoms with E-state index in [1.165, 1.54) is 36.9 Å². The van der Waals surface area contributed by atoms with Crippen LogP contribution in [0.4, 0.5) is 0 Å². The second-order valence-corrected chi connectivity index (χ2v) is 7.14. The Hall–Kier alpha value is -0.930. The smallest absolute Gasteiger partial charge is 0.111 e. The third kappa shape index (κ3) is 1.35. The highest BCUT2D eigenvalue weighted by atomic mass is 16.6. The zero-order chi connectivity index (χ0) is 13.3. The van der Waals surface area contributed by atoms with Crippen molar-refractivity contribution in [3.05, 3.63) is 29.6 Å². The van der Waals surface area contributed by atoms with Crippen LogP contribution in [-0.4, -0.2) is 21.8 Å². The van der Waals surface area contributed by atoms with Gasteiger partial charge in [-0.25, -0.2) is 0 Å². The Morgan fingerprint density at radius 1 is 1.25 bits per heavy atom. The zero-order valence-corrected chi connectivity index (χ0v) is 11.7. The fourth-order valence-electron chi connectivity index (χ4n) is 5.44. The summed E-state index contributed by atoms with van der Waals surface area (Å²) in [5.74, 6) is 1.19. The lowest BCUT2D eigenvalue weighted by molar-refractivity contribution is -0.133. The van der Waals surface area contributed by atoms with E-state index < -0.39 is 5.60 Å². The van der Waals surface area contributed by atoms with Gasteiger partial charge in [-0.3, -0.25) is 4.98 Å². The lowest BCUT2D eigenvalue weighted by Crippen LogP contribution is -2.55. The largest absolute Gasteiger partial charge is 0.389 e. The summed E-state index contributed by atoms with van der Waals surface area (Å²) >= 11 is 0. The number of nitrogens with zero attached hydrogens (tertiary/aromatic N) is 1. The Balaban J connectivity index is 1.62. The van der Waals surface area contributed by atoms with Gasteiger partial charge in [-0.2, -0.15) is 0 Å². The van der Waals surface area contributed by atoms with Gasteiger partial charge in [0.05, 0.1) is 11.7 Å². The third-order valence-corrected chi connectivity index (χ3v) is 6.33. The number of ether oxygens (including phenoxy) is 1.